The summed E-state index contributed by atoms with van der Waals surface area (Å²) in [5.74, 6) is -0.317. The summed E-state index contributed by atoms with van der Waals surface area (Å²) in [6, 6.07) is 2.71. The molecule has 1 aromatic heterocycles. The van der Waals surface area contributed by atoms with Crippen molar-refractivity contribution in [3.05, 3.63) is 27.1 Å². The first-order valence-corrected chi connectivity index (χ1v) is 4.98. The number of carbonyl (C=O) groups excluding carboxylic acids is 1. The van der Waals surface area contributed by atoms with E-state index in [-0.39, 0.29) is 24.1 Å². The highest BCUT2D eigenvalue weighted by Crippen LogP contribution is 2.24. The molecule has 0 radical (unpaired) electrons. The Morgan fingerprint density at radius 2 is 2.33 bits per heavy atom. The van der Waals surface area contributed by atoms with Gasteiger partial charge in [-0.15, -0.1) is 0 Å². The molecule has 1 aromatic rings. The summed E-state index contributed by atoms with van der Waals surface area (Å²) in [4.78, 5) is 23.0. The summed E-state index contributed by atoms with van der Waals surface area (Å²) in [5, 5.41) is 19.0. The topological polar surface area (TPSA) is 83.7 Å². The Labute approximate surface area is 89.9 Å². The summed E-state index contributed by atoms with van der Waals surface area (Å²) >= 11 is 0.831. The third kappa shape index (κ3) is 2.74. The number of nitrogens with zero attached hydrogens (tertiary/aromatic N) is 2. The molecule has 0 aliphatic heterocycles. The third-order valence-corrected chi connectivity index (χ3v) is 2.79. The van der Waals surface area contributed by atoms with Crippen LogP contribution in [0.4, 0.5) is 5.00 Å². The molecule has 6 nitrogen and oxygen atoms in total. The molecule has 0 bridgehead atoms. The van der Waals surface area contributed by atoms with E-state index < -0.39 is 4.92 Å². The minimum atomic E-state index is -0.534. The van der Waals surface area contributed by atoms with Gasteiger partial charge in [0, 0.05) is 19.7 Å². The van der Waals surface area contributed by atoms with Crippen LogP contribution in [0.2, 0.25) is 0 Å². The smallest absolute Gasteiger partial charge is 0.324 e. The number of amides is 1. The second kappa shape index (κ2) is 4.85. The molecule has 0 aliphatic rings. The number of thiophene rings is 1. The number of likely N-dealkylation sites (N-methyl/N-ethyl adjacent to an activating group) is 1. The Morgan fingerprint density at radius 1 is 1.67 bits per heavy atom. The van der Waals surface area contributed by atoms with Gasteiger partial charge in [0.15, 0.2) is 0 Å². The van der Waals surface area contributed by atoms with Crippen LogP contribution in [-0.4, -0.2) is 41.0 Å². The molecule has 1 N–H and O–H groups in total. The van der Waals surface area contributed by atoms with Gasteiger partial charge in [-0.2, -0.15) is 0 Å². The van der Waals surface area contributed by atoms with E-state index in [1.165, 1.54) is 24.1 Å². The minimum absolute atomic E-state index is 0.0595. The number of aliphatic hydroxyl groups excluding tert-OH is 1. The number of rotatable bonds is 4. The Morgan fingerprint density at radius 3 is 2.80 bits per heavy atom. The first-order valence-electron chi connectivity index (χ1n) is 4.17. The van der Waals surface area contributed by atoms with E-state index >= 15 is 0 Å². The Balaban J connectivity index is 2.78. The van der Waals surface area contributed by atoms with Gasteiger partial charge in [0.1, 0.15) is 0 Å². The fourth-order valence-electron chi connectivity index (χ4n) is 0.980. The molecule has 0 atom stereocenters. The van der Waals surface area contributed by atoms with Crippen molar-refractivity contribution in [1.82, 2.24) is 4.90 Å². The van der Waals surface area contributed by atoms with Crippen LogP contribution >= 0.6 is 11.3 Å². The molecule has 0 fully saturated rings. The summed E-state index contributed by atoms with van der Waals surface area (Å²) < 4.78 is 0. The van der Waals surface area contributed by atoms with E-state index in [0.29, 0.717) is 4.88 Å². The van der Waals surface area contributed by atoms with Gasteiger partial charge in [-0.25, -0.2) is 0 Å². The fourth-order valence-corrected chi connectivity index (χ4v) is 1.80. The zero-order valence-corrected chi connectivity index (χ0v) is 8.86. The molecule has 15 heavy (non-hydrogen) atoms. The lowest BCUT2D eigenvalue weighted by Gasteiger charge is -2.13. The predicted octanol–water partition coefficient (Wildman–Crippen LogP) is 0.721. The molecule has 7 heteroatoms. The van der Waals surface area contributed by atoms with Crippen LogP contribution in [0.25, 0.3) is 0 Å². The van der Waals surface area contributed by atoms with E-state index in [1.54, 1.807) is 0 Å². The molecule has 0 aromatic carbocycles. The zero-order chi connectivity index (χ0) is 11.4. The summed E-state index contributed by atoms with van der Waals surface area (Å²) in [6.07, 6.45) is 0. The van der Waals surface area contributed by atoms with Gasteiger partial charge in [0.25, 0.3) is 5.91 Å². The predicted molar refractivity (Wildman–Crippen MR) is 55.0 cm³/mol. The van der Waals surface area contributed by atoms with E-state index in [4.69, 9.17) is 5.11 Å². The first-order chi connectivity index (χ1) is 7.06. The Bertz CT molecular complexity index is 376. The molecule has 1 heterocycles. The third-order valence-electron chi connectivity index (χ3n) is 1.76. The van der Waals surface area contributed by atoms with Gasteiger partial charge >= 0.3 is 5.00 Å². The van der Waals surface area contributed by atoms with Crippen molar-refractivity contribution < 1.29 is 14.8 Å². The van der Waals surface area contributed by atoms with Gasteiger partial charge in [-0.1, -0.05) is 11.3 Å². The molecule has 0 spiro atoms. The Hall–Kier alpha value is -1.47. The van der Waals surface area contributed by atoms with Crippen LogP contribution in [0.1, 0.15) is 9.67 Å². The van der Waals surface area contributed by atoms with Gasteiger partial charge in [0.05, 0.1) is 16.4 Å². The van der Waals surface area contributed by atoms with Crippen molar-refractivity contribution in [3.63, 3.8) is 0 Å². The average molecular weight is 230 g/mol. The van der Waals surface area contributed by atoms with E-state index in [9.17, 15) is 14.9 Å². The van der Waals surface area contributed by atoms with E-state index in [2.05, 4.69) is 0 Å². The van der Waals surface area contributed by atoms with Crippen molar-refractivity contribution in [2.75, 3.05) is 20.2 Å². The van der Waals surface area contributed by atoms with Gasteiger partial charge in [-0.05, 0) is 6.07 Å². The lowest BCUT2D eigenvalue weighted by molar-refractivity contribution is -0.380. The number of hydrogen-bond acceptors (Lipinski definition) is 5. The minimum Gasteiger partial charge on any atom is -0.395 e. The molecule has 82 valence electrons. The average Bonchev–Trinajstić information content (AvgIpc) is 2.65. The standard InChI is InChI=1S/C8H10N2O4S/c1-9(4-5-11)8(12)6-2-3-7(15-6)10(13)14/h2-3,11H,4-5H2,1H3. The fraction of sp³-hybridized carbons (Fsp3) is 0.375. The highest BCUT2D eigenvalue weighted by molar-refractivity contribution is 7.17. The zero-order valence-electron chi connectivity index (χ0n) is 8.04. The highest BCUT2D eigenvalue weighted by Gasteiger charge is 2.17. The second-order valence-corrected chi connectivity index (χ2v) is 3.91. The lowest BCUT2D eigenvalue weighted by Crippen LogP contribution is -2.28. The molecule has 0 aliphatic carbocycles. The lowest BCUT2D eigenvalue weighted by atomic mass is 10.4. The maximum absolute atomic E-state index is 11.6. The van der Waals surface area contributed by atoms with E-state index in [0.717, 1.165) is 11.3 Å². The van der Waals surface area contributed by atoms with Crippen LogP contribution in [0, 0.1) is 10.1 Å². The largest absolute Gasteiger partial charge is 0.395 e. The molecule has 0 saturated carbocycles. The number of hydrogen-bond donors (Lipinski definition) is 1. The second-order valence-electron chi connectivity index (χ2n) is 2.85. The number of nitro groups is 1. The van der Waals surface area contributed by atoms with E-state index in [1.807, 2.05) is 0 Å². The van der Waals surface area contributed by atoms with Crippen molar-refractivity contribution >= 4 is 22.2 Å². The molecule has 0 unspecified atom stereocenters. The van der Waals surface area contributed by atoms with Crippen molar-refractivity contribution in [1.29, 1.82) is 0 Å². The highest BCUT2D eigenvalue weighted by atomic mass is 32.1. The molecular formula is C8H10N2O4S. The van der Waals surface area contributed by atoms with Crippen LogP contribution in [-0.2, 0) is 0 Å². The maximum atomic E-state index is 11.6. The SMILES string of the molecule is CN(CCO)C(=O)c1ccc([N+](=O)[O-])s1. The molecule has 1 amide bonds. The van der Waals surface area contributed by atoms with Gasteiger partial charge in [-0.3, -0.25) is 14.9 Å². The van der Waals surface area contributed by atoms with Crippen molar-refractivity contribution in [3.8, 4) is 0 Å². The van der Waals surface area contributed by atoms with Crippen LogP contribution in [0.5, 0.6) is 0 Å². The van der Waals surface area contributed by atoms with Gasteiger partial charge < -0.3 is 10.0 Å². The number of aliphatic hydroxyl groups is 1. The summed E-state index contributed by atoms with van der Waals surface area (Å²) in [5.41, 5.74) is 0. The number of carbonyl (C=O) groups is 1. The molecule has 0 saturated heterocycles. The monoisotopic (exact) mass is 230 g/mol. The maximum Gasteiger partial charge on any atom is 0.324 e. The summed E-state index contributed by atoms with van der Waals surface area (Å²) in [6.45, 7) is 0.0836. The quantitative estimate of drug-likeness (QED) is 0.610. The first kappa shape index (κ1) is 11.6. The van der Waals surface area contributed by atoms with Crippen LogP contribution < -0.4 is 0 Å². The summed E-state index contributed by atoms with van der Waals surface area (Å²) in [7, 11) is 1.53. The molecule has 1 rings (SSSR count). The normalized spacial score (nSPS) is 10.0. The molecular weight excluding hydrogens is 220 g/mol. The van der Waals surface area contributed by atoms with Crippen LogP contribution in [0.15, 0.2) is 12.1 Å². The van der Waals surface area contributed by atoms with Crippen molar-refractivity contribution in [2.24, 2.45) is 0 Å². The Kier molecular flexibility index (Phi) is 3.75. The van der Waals surface area contributed by atoms with Gasteiger partial charge in [0.2, 0.25) is 0 Å². The van der Waals surface area contributed by atoms with Crippen molar-refractivity contribution in [2.45, 2.75) is 0 Å². The van der Waals surface area contributed by atoms with Crippen LogP contribution in [0.3, 0.4) is 0 Å².